The summed E-state index contributed by atoms with van der Waals surface area (Å²) in [6.07, 6.45) is 0. The smallest absolute Gasteiger partial charge is 0.308 e. The van der Waals surface area contributed by atoms with Crippen LogP contribution in [-0.4, -0.2) is 6.03 Å². The fourth-order valence-electron chi connectivity index (χ4n) is 1.44. The van der Waals surface area contributed by atoms with Crippen molar-refractivity contribution in [3.63, 3.8) is 0 Å². The van der Waals surface area contributed by atoms with E-state index in [1.807, 2.05) is 6.07 Å². The minimum Gasteiger partial charge on any atom is -0.308 e. The molecule has 6 heteroatoms. The quantitative estimate of drug-likeness (QED) is 0.657. The van der Waals surface area contributed by atoms with Crippen LogP contribution in [0.3, 0.4) is 0 Å². The van der Waals surface area contributed by atoms with Gasteiger partial charge in [0.1, 0.15) is 0 Å². The van der Waals surface area contributed by atoms with E-state index in [9.17, 15) is 4.79 Å². The lowest BCUT2D eigenvalue weighted by Crippen LogP contribution is -2.19. The van der Waals surface area contributed by atoms with Crippen molar-refractivity contribution in [1.29, 1.82) is 0 Å². The molecular weight excluding hydrogens is 398 g/mol. The molecule has 0 aliphatic heterocycles. The molecule has 2 aromatic carbocycles. The molecule has 0 aromatic heterocycles. The molecule has 3 nitrogen and oxygen atoms in total. The zero-order valence-corrected chi connectivity index (χ0v) is 13.3. The van der Waals surface area contributed by atoms with Gasteiger partial charge in [-0.15, -0.1) is 0 Å². The Morgan fingerprint density at radius 2 is 1.84 bits per heavy atom. The molecule has 2 aromatic rings. The van der Waals surface area contributed by atoms with Gasteiger partial charge < -0.3 is 10.6 Å². The van der Waals surface area contributed by atoms with E-state index >= 15 is 0 Å². The molecule has 0 radical (unpaired) electrons. The first-order chi connectivity index (χ1) is 9.04. The maximum Gasteiger partial charge on any atom is 0.323 e. The van der Waals surface area contributed by atoms with E-state index in [2.05, 4.69) is 33.2 Å². The molecule has 0 heterocycles. The number of urea groups is 1. The first-order valence-electron chi connectivity index (χ1n) is 5.33. The Bertz CT molecular complexity index is 619. The fourth-order valence-corrected chi connectivity index (χ4v) is 2.54. The van der Waals surface area contributed by atoms with E-state index in [1.165, 1.54) is 0 Å². The number of anilines is 2. The molecule has 0 saturated heterocycles. The molecular formula is C13H9Cl2IN2O. The van der Waals surface area contributed by atoms with Crippen LogP contribution < -0.4 is 10.6 Å². The van der Waals surface area contributed by atoms with Gasteiger partial charge in [-0.1, -0.05) is 29.3 Å². The lowest BCUT2D eigenvalue weighted by Gasteiger charge is -2.09. The van der Waals surface area contributed by atoms with Crippen LogP contribution in [0.25, 0.3) is 0 Å². The molecule has 0 saturated carbocycles. The third-order valence-corrected chi connectivity index (χ3v) is 3.48. The van der Waals surface area contributed by atoms with E-state index in [0.717, 1.165) is 3.57 Å². The van der Waals surface area contributed by atoms with E-state index in [4.69, 9.17) is 23.2 Å². The Morgan fingerprint density at radius 1 is 1.05 bits per heavy atom. The summed E-state index contributed by atoms with van der Waals surface area (Å²) in [4.78, 5) is 11.8. The van der Waals surface area contributed by atoms with Gasteiger partial charge in [-0.3, -0.25) is 0 Å². The van der Waals surface area contributed by atoms with E-state index in [0.29, 0.717) is 21.4 Å². The van der Waals surface area contributed by atoms with Crippen molar-refractivity contribution < 1.29 is 4.79 Å². The van der Waals surface area contributed by atoms with Crippen LogP contribution in [0.5, 0.6) is 0 Å². The van der Waals surface area contributed by atoms with Gasteiger partial charge in [0.25, 0.3) is 0 Å². The van der Waals surface area contributed by atoms with Gasteiger partial charge in [-0.2, -0.15) is 0 Å². The summed E-state index contributed by atoms with van der Waals surface area (Å²) in [7, 11) is 0. The lowest BCUT2D eigenvalue weighted by molar-refractivity contribution is 0.262. The Balaban J connectivity index is 2.05. The first kappa shape index (κ1) is 14.4. The minimum absolute atomic E-state index is 0.370. The zero-order valence-electron chi connectivity index (χ0n) is 9.58. The number of hydrogen-bond donors (Lipinski definition) is 2. The van der Waals surface area contributed by atoms with Crippen LogP contribution in [0.1, 0.15) is 0 Å². The number of hydrogen-bond acceptors (Lipinski definition) is 1. The van der Waals surface area contributed by atoms with E-state index < -0.39 is 0 Å². The van der Waals surface area contributed by atoms with Crippen molar-refractivity contribution in [2.45, 2.75) is 0 Å². The molecule has 0 fully saturated rings. The Morgan fingerprint density at radius 3 is 2.53 bits per heavy atom. The molecule has 98 valence electrons. The molecule has 0 unspecified atom stereocenters. The summed E-state index contributed by atoms with van der Waals surface area (Å²) in [5, 5.41) is 6.41. The molecule has 0 atom stereocenters. The number of amides is 2. The fraction of sp³-hybridized carbons (Fsp3) is 0. The second kappa shape index (κ2) is 6.45. The number of nitrogens with one attached hydrogen (secondary N) is 2. The van der Waals surface area contributed by atoms with Gasteiger partial charge in [-0.05, 0) is 59.0 Å². The Hall–Kier alpha value is -0.980. The molecule has 0 aliphatic rings. The van der Waals surface area contributed by atoms with Gasteiger partial charge in [-0.25, -0.2) is 4.79 Å². The van der Waals surface area contributed by atoms with Crippen molar-refractivity contribution in [1.82, 2.24) is 0 Å². The Labute approximate surface area is 134 Å². The van der Waals surface area contributed by atoms with Crippen molar-refractivity contribution >= 4 is 63.2 Å². The van der Waals surface area contributed by atoms with Crippen molar-refractivity contribution in [3.8, 4) is 0 Å². The summed E-state index contributed by atoms with van der Waals surface area (Å²) < 4.78 is 1.00. The van der Waals surface area contributed by atoms with Crippen LogP contribution >= 0.6 is 45.8 Å². The van der Waals surface area contributed by atoms with Crippen LogP contribution in [0.15, 0.2) is 42.5 Å². The van der Waals surface area contributed by atoms with Crippen LogP contribution in [0.4, 0.5) is 16.2 Å². The van der Waals surface area contributed by atoms with E-state index in [-0.39, 0.29) is 6.03 Å². The average molecular weight is 407 g/mol. The second-order valence-corrected chi connectivity index (χ2v) is 5.80. The van der Waals surface area contributed by atoms with Gasteiger partial charge in [0.15, 0.2) is 0 Å². The highest BCUT2D eigenvalue weighted by molar-refractivity contribution is 14.1. The van der Waals surface area contributed by atoms with Crippen LogP contribution in [0.2, 0.25) is 10.0 Å². The van der Waals surface area contributed by atoms with Crippen LogP contribution in [0, 0.1) is 3.57 Å². The predicted molar refractivity (Wildman–Crippen MR) is 88.3 cm³/mol. The maximum absolute atomic E-state index is 11.8. The second-order valence-electron chi connectivity index (χ2n) is 3.71. The lowest BCUT2D eigenvalue weighted by atomic mass is 10.3. The highest BCUT2D eigenvalue weighted by atomic mass is 127. The molecule has 2 amide bonds. The highest BCUT2D eigenvalue weighted by Crippen LogP contribution is 2.24. The van der Waals surface area contributed by atoms with Gasteiger partial charge in [0, 0.05) is 14.3 Å². The normalized spacial score (nSPS) is 10.1. The monoisotopic (exact) mass is 406 g/mol. The summed E-state index contributed by atoms with van der Waals surface area (Å²) in [6.45, 7) is 0. The largest absolute Gasteiger partial charge is 0.323 e. The average Bonchev–Trinajstić information content (AvgIpc) is 2.33. The van der Waals surface area contributed by atoms with Crippen LogP contribution in [-0.2, 0) is 0 Å². The predicted octanol–water partition coefficient (Wildman–Crippen LogP) is 5.24. The van der Waals surface area contributed by atoms with Gasteiger partial charge in [0.2, 0.25) is 0 Å². The number of benzene rings is 2. The van der Waals surface area contributed by atoms with E-state index in [1.54, 1.807) is 36.4 Å². The number of carbonyl (C=O) groups is 1. The molecule has 19 heavy (non-hydrogen) atoms. The third-order valence-electron chi connectivity index (χ3n) is 2.26. The summed E-state index contributed by atoms with van der Waals surface area (Å²) in [6, 6.07) is 11.9. The van der Waals surface area contributed by atoms with Crippen molar-refractivity contribution in [2.75, 3.05) is 10.6 Å². The first-order valence-corrected chi connectivity index (χ1v) is 7.17. The maximum atomic E-state index is 11.8. The molecule has 0 spiro atoms. The highest BCUT2D eigenvalue weighted by Gasteiger charge is 2.06. The zero-order chi connectivity index (χ0) is 13.8. The SMILES string of the molecule is O=C(Nc1cccc(Cl)c1)Nc1ccc(I)cc1Cl. The molecule has 2 rings (SSSR count). The number of rotatable bonds is 2. The Kier molecular flexibility index (Phi) is 4.90. The summed E-state index contributed by atoms with van der Waals surface area (Å²) >= 11 is 14.0. The van der Waals surface area contributed by atoms with Gasteiger partial charge in [0.05, 0.1) is 10.7 Å². The van der Waals surface area contributed by atoms with Crippen molar-refractivity contribution in [3.05, 3.63) is 56.1 Å². The minimum atomic E-state index is -0.370. The third kappa shape index (κ3) is 4.26. The topological polar surface area (TPSA) is 41.1 Å². The summed E-state index contributed by atoms with van der Waals surface area (Å²) in [5.74, 6) is 0. The molecule has 0 bridgehead atoms. The number of halogens is 3. The summed E-state index contributed by atoms with van der Waals surface area (Å²) in [5.41, 5.74) is 1.17. The standard InChI is InChI=1S/C13H9Cl2IN2O/c14-8-2-1-3-10(6-8)17-13(19)18-12-5-4-9(16)7-11(12)15/h1-7H,(H2,17,18,19). The molecule has 0 aliphatic carbocycles. The number of carbonyl (C=O) groups excluding carboxylic acids is 1. The molecule has 2 N–H and O–H groups in total. The van der Waals surface area contributed by atoms with Crippen molar-refractivity contribution in [2.24, 2.45) is 0 Å². The van der Waals surface area contributed by atoms with Gasteiger partial charge >= 0.3 is 6.03 Å².